The van der Waals surface area contributed by atoms with Crippen LogP contribution in [0.15, 0.2) is 18.5 Å². The standard InChI is InChI=1S/C17H28N4O2/c1-14(17(22)18-12-16-7-4-11-23-16)21-10-3-2-6-15(21)13-20-9-5-8-19-20/h5,8-9,14-16H,2-4,6-7,10-13H2,1H3,(H,18,22)/t14-,15-,16+/m1/s1. The summed E-state index contributed by atoms with van der Waals surface area (Å²) < 4.78 is 7.55. The minimum Gasteiger partial charge on any atom is -0.376 e. The molecular weight excluding hydrogens is 292 g/mol. The molecule has 0 unspecified atom stereocenters. The summed E-state index contributed by atoms with van der Waals surface area (Å²) in [5, 5.41) is 7.38. The maximum Gasteiger partial charge on any atom is 0.237 e. The molecule has 1 aromatic rings. The number of hydrogen-bond donors (Lipinski definition) is 1. The Morgan fingerprint density at radius 1 is 1.39 bits per heavy atom. The molecule has 2 aliphatic rings. The molecule has 3 heterocycles. The number of likely N-dealkylation sites (tertiary alicyclic amines) is 1. The Balaban J connectivity index is 1.54. The van der Waals surface area contributed by atoms with E-state index in [0.29, 0.717) is 12.6 Å². The molecule has 128 valence electrons. The number of hydrogen-bond acceptors (Lipinski definition) is 4. The molecule has 0 radical (unpaired) electrons. The van der Waals surface area contributed by atoms with Crippen molar-refractivity contribution in [2.24, 2.45) is 0 Å². The summed E-state index contributed by atoms with van der Waals surface area (Å²) in [4.78, 5) is 14.9. The van der Waals surface area contributed by atoms with Crippen LogP contribution in [0, 0.1) is 0 Å². The summed E-state index contributed by atoms with van der Waals surface area (Å²) in [5.41, 5.74) is 0. The Morgan fingerprint density at radius 2 is 2.30 bits per heavy atom. The smallest absolute Gasteiger partial charge is 0.237 e. The highest BCUT2D eigenvalue weighted by atomic mass is 16.5. The van der Waals surface area contributed by atoms with Crippen LogP contribution in [-0.2, 0) is 16.1 Å². The number of carbonyl (C=O) groups is 1. The number of rotatable bonds is 6. The maximum absolute atomic E-state index is 12.5. The highest BCUT2D eigenvalue weighted by Crippen LogP contribution is 2.21. The van der Waals surface area contributed by atoms with Gasteiger partial charge in [0.15, 0.2) is 0 Å². The molecule has 1 N–H and O–H groups in total. The third-order valence-corrected chi connectivity index (χ3v) is 5.03. The Bertz CT molecular complexity index is 485. The Hall–Kier alpha value is -1.40. The molecule has 2 aliphatic heterocycles. The van der Waals surface area contributed by atoms with Crippen LogP contribution in [0.1, 0.15) is 39.0 Å². The van der Waals surface area contributed by atoms with Crippen LogP contribution < -0.4 is 5.32 Å². The molecule has 3 rings (SSSR count). The Labute approximate surface area is 138 Å². The van der Waals surface area contributed by atoms with Crippen molar-refractivity contribution >= 4 is 5.91 Å². The van der Waals surface area contributed by atoms with Crippen LogP contribution in [0.4, 0.5) is 0 Å². The summed E-state index contributed by atoms with van der Waals surface area (Å²) in [7, 11) is 0. The van der Waals surface area contributed by atoms with Crippen LogP contribution in [0.2, 0.25) is 0 Å². The molecule has 23 heavy (non-hydrogen) atoms. The lowest BCUT2D eigenvalue weighted by Gasteiger charge is -2.39. The highest BCUT2D eigenvalue weighted by molar-refractivity contribution is 5.81. The van der Waals surface area contributed by atoms with Crippen LogP contribution in [0.3, 0.4) is 0 Å². The zero-order valence-electron chi connectivity index (χ0n) is 14.0. The lowest BCUT2D eigenvalue weighted by atomic mass is 9.99. The topological polar surface area (TPSA) is 59.4 Å². The molecule has 1 aromatic heterocycles. The van der Waals surface area contributed by atoms with E-state index in [2.05, 4.69) is 15.3 Å². The number of nitrogens with one attached hydrogen (secondary N) is 1. The van der Waals surface area contributed by atoms with Gasteiger partial charge < -0.3 is 10.1 Å². The van der Waals surface area contributed by atoms with Crippen LogP contribution in [-0.4, -0.2) is 58.5 Å². The fourth-order valence-corrected chi connectivity index (χ4v) is 3.67. The van der Waals surface area contributed by atoms with E-state index < -0.39 is 0 Å². The molecule has 1 amide bonds. The van der Waals surface area contributed by atoms with E-state index in [1.54, 1.807) is 0 Å². The van der Waals surface area contributed by atoms with E-state index in [-0.39, 0.29) is 18.1 Å². The van der Waals surface area contributed by atoms with Gasteiger partial charge in [0.1, 0.15) is 0 Å². The summed E-state index contributed by atoms with van der Waals surface area (Å²) >= 11 is 0. The van der Waals surface area contributed by atoms with Gasteiger partial charge in [-0.2, -0.15) is 5.10 Å². The van der Waals surface area contributed by atoms with Gasteiger partial charge in [0, 0.05) is 31.6 Å². The fraction of sp³-hybridized carbons (Fsp3) is 0.765. The molecular formula is C17H28N4O2. The third-order valence-electron chi connectivity index (χ3n) is 5.03. The number of amides is 1. The van der Waals surface area contributed by atoms with Crippen LogP contribution in [0.5, 0.6) is 0 Å². The van der Waals surface area contributed by atoms with Gasteiger partial charge in [-0.25, -0.2) is 0 Å². The largest absolute Gasteiger partial charge is 0.376 e. The molecule has 0 bridgehead atoms. The van der Waals surface area contributed by atoms with Crippen molar-refractivity contribution in [1.29, 1.82) is 0 Å². The second-order valence-corrected chi connectivity index (χ2v) is 6.67. The molecule has 0 aromatic carbocycles. The third kappa shape index (κ3) is 4.32. The van der Waals surface area contributed by atoms with Gasteiger partial charge in [-0.05, 0) is 45.2 Å². The van der Waals surface area contributed by atoms with Gasteiger partial charge in [0.25, 0.3) is 0 Å². The minimum atomic E-state index is -0.0998. The van der Waals surface area contributed by atoms with E-state index in [1.807, 2.05) is 30.1 Å². The average Bonchev–Trinajstić information content (AvgIpc) is 3.26. The second-order valence-electron chi connectivity index (χ2n) is 6.67. The van der Waals surface area contributed by atoms with Crippen molar-refractivity contribution in [2.45, 2.75) is 63.8 Å². The van der Waals surface area contributed by atoms with Crippen molar-refractivity contribution in [3.8, 4) is 0 Å². The number of ether oxygens (including phenoxy) is 1. The normalized spacial score (nSPS) is 27.0. The first kappa shape index (κ1) is 16.5. The summed E-state index contributed by atoms with van der Waals surface area (Å²) in [6, 6.07) is 2.23. The van der Waals surface area contributed by atoms with Gasteiger partial charge in [-0.1, -0.05) is 6.42 Å². The van der Waals surface area contributed by atoms with E-state index in [0.717, 1.165) is 39.0 Å². The molecule has 6 heteroatoms. The van der Waals surface area contributed by atoms with E-state index >= 15 is 0 Å². The minimum absolute atomic E-state index is 0.0998. The first-order valence-electron chi connectivity index (χ1n) is 8.86. The Morgan fingerprint density at radius 3 is 3.04 bits per heavy atom. The zero-order chi connectivity index (χ0) is 16.1. The van der Waals surface area contributed by atoms with E-state index in [4.69, 9.17) is 4.74 Å². The van der Waals surface area contributed by atoms with Gasteiger partial charge in [-0.15, -0.1) is 0 Å². The maximum atomic E-state index is 12.5. The van der Waals surface area contributed by atoms with Gasteiger partial charge >= 0.3 is 0 Å². The van der Waals surface area contributed by atoms with E-state index in [9.17, 15) is 4.79 Å². The molecule has 2 saturated heterocycles. The van der Waals surface area contributed by atoms with Crippen LogP contribution in [0.25, 0.3) is 0 Å². The number of carbonyl (C=O) groups excluding carboxylic acids is 1. The molecule has 2 fully saturated rings. The second kappa shape index (κ2) is 7.93. The first-order chi connectivity index (χ1) is 11.2. The van der Waals surface area contributed by atoms with Crippen molar-refractivity contribution in [3.05, 3.63) is 18.5 Å². The van der Waals surface area contributed by atoms with Crippen LogP contribution >= 0.6 is 0 Å². The molecule has 3 atom stereocenters. The zero-order valence-corrected chi connectivity index (χ0v) is 14.0. The number of aromatic nitrogens is 2. The van der Waals surface area contributed by atoms with Crippen molar-refractivity contribution < 1.29 is 9.53 Å². The van der Waals surface area contributed by atoms with Crippen molar-refractivity contribution in [1.82, 2.24) is 20.0 Å². The molecule has 0 aliphatic carbocycles. The highest BCUT2D eigenvalue weighted by Gasteiger charge is 2.31. The Kier molecular flexibility index (Phi) is 5.67. The quantitative estimate of drug-likeness (QED) is 0.861. The summed E-state index contributed by atoms with van der Waals surface area (Å²) in [5.74, 6) is 0.118. The number of nitrogens with zero attached hydrogens (tertiary/aromatic N) is 3. The van der Waals surface area contributed by atoms with Crippen molar-refractivity contribution in [3.63, 3.8) is 0 Å². The fourth-order valence-electron chi connectivity index (χ4n) is 3.67. The first-order valence-corrected chi connectivity index (χ1v) is 8.86. The lowest BCUT2D eigenvalue weighted by molar-refractivity contribution is -0.128. The summed E-state index contributed by atoms with van der Waals surface area (Å²) in [6.45, 7) is 5.33. The molecule has 0 spiro atoms. The monoisotopic (exact) mass is 320 g/mol. The SMILES string of the molecule is C[C@H](C(=O)NC[C@@H]1CCCO1)N1CCCC[C@@H]1Cn1cccn1. The predicted molar refractivity (Wildman–Crippen MR) is 88.0 cm³/mol. The van der Waals surface area contributed by atoms with Crippen molar-refractivity contribution in [2.75, 3.05) is 19.7 Å². The lowest BCUT2D eigenvalue weighted by Crippen LogP contribution is -2.53. The van der Waals surface area contributed by atoms with Gasteiger partial charge in [0.05, 0.1) is 18.7 Å². The summed E-state index contributed by atoms with van der Waals surface area (Å²) in [6.07, 6.45) is 9.69. The van der Waals surface area contributed by atoms with E-state index in [1.165, 1.54) is 12.8 Å². The number of piperidine rings is 1. The van der Waals surface area contributed by atoms with Gasteiger partial charge in [-0.3, -0.25) is 14.4 Å². The molecule has 6 nitrogen and oxygen atoms in total. The van der Waals surface area contributed by atoms with Gasteiger partial charge in [0.2, 0.25) is 5.91 Å². The predicted octanol–water partition coefficient (Wildman–Crippen LogP) is 1.42. The molecule has 0 saturated carbocycles. The average molecular weight is 320 g/mol.